The van der Waals surface area contributed by atoms with E-state index in [1.807, 2.05) is 57.2 Å². The van der Waals surface area contributed by atoms with Crippen LogP contribution in [-0.2, 0) is 58.9 Å². The minimum absolute atomic E-state index is 0.0294. The van der Waals surface area contributed by atoms with Crippen molar-refractivity contribution in [1.82, 2.24) is 4.90 Å². The molecule has 3 fully saturated rings. The van der Waals surface area contributed by atoms with E-state index in [2.05, 4.69) is 13.0 Å². The Morgan fingerprint density at radius 2 is 1.58 bits per heavy atom. The molecule has 3 heterocycles. The summed E-state index contributed by atoms with van der Waals surface area (Å²) in [6.45, 7) is 12.7. The van der Waals surface area contributed by atoms with Crippen molar-refractivity contribution in [2.24, 2.45) is 29.6 Å². The third-order valence-electron chi connectivity index (χ3n) is 14.5. The summed E-state index contributed by atoms with van der Waals surface area (Å²) < 4.78 is 42.5. The number of methoxy groups -OCH3 is 3. The molecule has 0 unspecified atom stereocenters. The summed E-state index contributed by atoms with van der Waals surface area (Å²) in [6.07, 6.45) is 4.78. The molecule has 0 aromatic heterocycles. The van der Waals surface area contributed by atoms with Gasteiger partial charge < -0.3 is 48.3 Å². The van der Waals surface area contributed by atoms with Gasteiger partial charge in [0.05, 0.1) is 50.3 Å². The molecule has 2 saturated heterocycles. The lowest BCUT2D eigenvalue weighted by atomic mass is 9.81. The van der Waals surface area contributed by atoms with Gasteiger partial charge in [-0.1, -0.05) is 75.8 Å². The fraction of sp³-hybridized carbons (Fsp3) is 0.731. The van der Waals surface area contributed by atoms with Crippen molar-refractivity contribution in [1.29, 1.82) is 0 Å². The van der Waals surface area contributed by atoms with Crippen LogP contribution in [0.2, 0.25) is 0 Å². The smallest absolute Gasteiger partial charge is 0.329 e. The third-order valence-corrected chi connectivity index (χ3v) is 14.5. The number of cyclic esters (lactones) is 1. The summed E-state index contributed by atoms with van der Waals surface area (Å²) in [4.78, 5) is 58.4. The van der Waals surface area contributed by atoms with E-state index in [1.165, 1.54) is 19.1 Å². The molecule has 14 nitrogen and oxygen atoms in total. The van der Waals surface area contributed by atoms with Crippen LogP contribution in [0.1, 0.15) is 118 Å². The SMILES string of the molecule is CC[C@@H]1/C=C(\C)C[C@H](C)C[C@H](OC)[C@H]2O[C@@](O)(C(=O)C(=O)N3CCCC[C@H]3C(=O)O[C@H](/C(C)=C/[C@@H]3CC[C@@H](OCCOCc4ccccc4)[C@H](OC)C3)[C@H](C)[C@@H](O)CC1=O)[C@H](C)C[C@@H]2OC. The monoisotopic (exact) mass is 926 g/mol. The molecular formula is C52H79NO13. The number of aliphatic hydroxyl groups excluding tert-OH is 1. The molecule has 2 bridgehead atoms. The standard InChI is InChI=1S/C52H79NO13/c1-10-39-25-32(2)24-33(3)26-45(61-8)48-46(62-9)28-35(5)52(59,66-48)49(56)50(57)53-21-15-14-18-40(53)51(58)65-47(36(6)41(54)30-42(39)55)34(4)27-38-19-20-43(44(29-38)60-7)64-23-22-63-31-37-16-12-11-13-17-37/h11-13,16-17,25,27,33,35-36,38-41,43-48,54,59H,10,14-15,18-24,26,28-31H2,1-9H3/b32-25+,34-27+/t33-,35+,36+,38-,39+,40-,41-,43+,44+,45-,46-,47+,48+,52+/m0/s1. The zero-order valence-electron chi connectivity index (χ0n) is 41.0. The summed E-state index contributed by atoms with van der Waals surface area (Å²) in [7, 11) is 4.75. The van der Waals surface area contributed by atoms with E-state index in [0.29, 0.717) is 63.9 Å². The predicted octanol–water partition coefficient (Wildman–Crippen LogP) is 6.71. The number of piperidine rings is 1. The zero-order chi connectivity index (χ0) is 48.1. The first-order valence-electron chi connectivity index (χ1n) is 24.4. The Bertz CT molecular complexity index is 1800. The Labute approximate surface area is 393 Å². The number of amides is 1. The quantitative estimate of drug-likeness (QED) is 0.0980. The summed E-state index contributed by atoms with van der Waals surface area (Å²) in [5.41, 5.74) is 2.79. The van der Waals surface area contributed by atoms with Crippen molar-refractivity contribution in [2.75, 3.05) is 41.1 Å². The lowest BCUT2D eigenvalue weighted by Crippen LogP contribution is -2.64. The topological polar surface area (TPSA) is 177 Å². The van der Waals surface area contributed by atoms with E-state index in [9.17, 15) is 29.4 Å². The fourth-order valence-corrected chi connectivity index (χ4v) is 10.6. The van der Waals surface area contributed by atoms with Gasteiger partial charge in [-0.25, -0.2) is 4.79 Å². The molecule has 0 spiro atoms. The molecule has 1 aromatic rings. The minimum atomic E-state index is -2.51. The molecule has 66 heavy (non-hydrogen) atoms. The van der Waals surface area contributed by atoms with Gasteiger partial charge in [0, 0.05) is 52.0 Å². The number of aliphatic hydroxyl groups is 2. The van der Waals surface area contributed by atoms with E-state index in [4.69, 9.17) is 33.2 Å². The molecular weight excluding hydrogens is 847 g/mol. The van der Waals surface area contributed by atoms with Gasteiger partial charge >= 0.3 is 5.97 Å². The summed E-state index contributed by atoms with van der Waals surface area (Å²) >= 11 is 0. The van der Waals surface area contributed by atoms with Crippen molar-refractivity contribution in [3.63, 3.8) is 0 Å². The minimum Gasteiger partial charge on any atom is -0.456 e. The van der Waals surface area contributed by atoms with Gasteiger partial charge in [0.2, 0.25) is 5.79 Å². The Morgan fingerprint density at radius 3 is 2.26 bits per heavy atom. The highest BCUT2D eigenvalue weighted by Crippen LogP contribution is 2.39. The molecule has 3 aliphatic heterocycles. The van der Waals surface area contributed by atoms with Crippen LogP contribution in [0.5, 0.6) is 0 Å². The van der Waals surface area contributed by atoms with Gasteiger partial charge in [0.25, 0.3) is 11.7 Å². The van der Waals surface area contributed by atoms with Crippen molar-refractivity contribution < 1.29 is 62.5 Å². The number of ether oxygens (including phenoxy) is 7. The van der Waals surface area contributed by atoms with Crippen LogP contribution < -0.4 is 0 Å². The van der Waals surface area contributed by atoms with Crippen LogP contribution in [0.3, 0.4) is 0 Å². The zero-order valence-corrected chi connectivity index (χ0v) is 41.0. The number of allylic oxidation sites excluding steroid dienone is 3. The van der Waals surface area contributed by atoms with Gasteiger partial charge in [-0.3, -0.25) is 14.4 Å². The number of nitrogens with zero attached hydrogens (tertiary/aromatic N) is 1. The highest BCUT2D eigenvalue weighted by molar-refractivity contribution is 6.39. The first kappa shape index (κ1) is 53.6. The number of carbonyl (C=O) groups is 4. The number of esters is 1. The lowest BCUT2D eigenvalue weighted by Gasteiger charge is -2.47. The molecule has 2 N–H and O–H groups in total. The first-order chi connectivity index (χ1) is 31.5. The highest BCUT2D eigenvalue weighted by Gasteiger charge is 2.56. The van der Waals surface area contributed by atoms with Crippen molar-refractivity contribution in [2.45, 2.75) is 173 Å². The van der Waals surface area contributed by atoms with Crippen molar-refractivity contribution in [3.05, 3.63) is 59.2 Å². The van der Waals surface area contributed by atoms with E-state index in [-0.39, 0.29) is 55.6 Å². The number of carbonyl (C=O) groups excluding carboxylic acids is 4. The van der Waals surface area contributed by atoms with Crippen LogP contribution in [-0.4, -0.2) is 134 Å². The molecule has 1 amide bonds. The van der Waals surface area contributed by atoms with Crippen LogP contribution in [0.4, 0.5) is 0 Å². The predicted molar refractivity (Wildman–Crippen MR) is 248 cm³/mol. The summed E-state index contributed by atoms with van der Waals surface area (Å²) in [5.74, 6) is -7.46. The second-order valence-electron chi connectivity index (χ2n) is 19.5. The van der Waals surface area contributed by atoms with Crippen molar-refractivity contribution in [3.8, 4) is 0 Å². The number of ketones is 2. The van der Waals surface area contributed by atoms with Gasteiger partial charge in [-0.05, 0) is 101 Å². The molecule has 1 aromatic carbocycles. The molecule has 370 valence electrons. The normalized spacial score (nSPS) is 37.0. The second-order valence-corrected chi connectivity index (χ2v) is 19.5. The Kier molecular flexibility index (Phi) is 20.6. The average molecular weight is 926 g/mol. The van der Waals surface area contributed by atoms with Gasteiger partial charge in [-0.2, -0.15) is 0 Å². The van der Waals surface area contributed by atoms with Crippen molar-refractivity contribution >= 4 is 23.4 Å². The summed E-state index contributed by atoms with van der Waals surface area (Å²) in [5, 5.41) is 24.0. The number of hydrogen-bond donors (Lipinski definition) is 2. The Morgan fingerprint density at radius 1 is 0.879 bits per heavy atom. The van der Waals surface area contributed by atoms with E-state index < -0.39 is 77.8 Å². The molecule has 4 aliphatic rings. The fourth-order valence-electron chi connectivity index (χ4n) is 10.6. The molecule has 1 aliphatic carbocycles. The molecule has 0 radical (unpaired) electrons. The van der Waals surface area contributed by atoms with Crippen LogP contribution in [0.25, 0.3) is 0 Å². The Balaban J connectivity index is 1.41. The summed E-state index contributed by atoms with van der Waals surface area (Å²) in [6, 6.07) is 8.84. The average Bonchev–Trinajstić information content (AvgIpc) is 3.31. The maximum Gasteiger partial charge on any atom is 0.329 e. The Hall–Kier alpha value is -3.34. The molecule has 5 rings (SSSR count). The molecule has 14 atom stereocenters. The van der Waals surface area contributed by atoms with Crippen LogP contribution in [0, 0.1) is 29.6 Å². The maximum absolute atomic E-state index is 14.5. The number of fused-ring (bicyclic) bond motifs is 3. The van der Waals surface area contributed by atoms with E-state index in [0.717, 1.165) is 24.0 Å². The van der Waals surface area contributed by atoms with E-state index in [1.54, 1.807) is 21.0 Å². The van der Waals surface area contributed by atoms with Crippen LogP contribution >= 0.6 is 0 Å². The third kappa shape index (κ3) is 13.7. The number of hydrogen-bond acceptors (Lipinski definition) is 13. The lowest BCUT2D eigenvalue weighted by molar-refractivity contribution is -0.302. The molecule has 14 heteroatoms. The second kappa shape index (κ2) is 25.3. The highest BCUT2D eigenvalue weighted by atomic mass is 16.7. The largest absolute Gasteiger partial charge is 0.456 e. The van der Waals surface area contributed by atoms with Crippen LogP contribution in [0.15, 0.2) is 53.6 Å². The molecule has 1 saturated carbocycles. The number of rotatable bonds is 12. The van der Waals surface area contributed by atoms with Gasteiger partial charge in [-0.15, -0.1) is 0 Å². The number of Topliss-reactive ketones (excluding diaryl/α,β-unsaturated/α-hetero) is 2. The maximum atomic E-state index is 14.5. The first-order valence-corrected chi connectivity index (χ1v) is 24.4. The van der Waals surface area contributed by atoms with Gasteiger partial charge in [0.15, 0.2) is 0 Å². The van der Waals surface area contributed by atoms with E-state index >= 15 is 0 Å². The number of benzene rings is 1. The van der Waals surface area contributed by atoms with Gasteiger partial charge in [0.1, 0.15) is 24.0 Å².